The second-order valence-corrected chi connectivity index (χ2v) is 4.21. The Morgan fingerprint density at radius 3 is 2.79 bits per heavy atom. The first-order valence-electron chi connectivity index (χ1n) is 4.94. The molecule has 0 aromatic carbocycles. The van der Waals surface area contributed by atoms with E-state index in [2.05, 4.69) is 9.88 Å². The highest BCUT2D eigenvalue weighted by molar-refractivity contribution is 5.22. The number of aromatic nitrogens is 1. The van der Waals surface area contributed by atoms with E-state index in [1.54, 1.807) is 6.20 Å². The molecule has 1 atom stereocenters. The van der Waals surface area contributed by atoms with E-state index in [4.69, 9.17) is 0 Å². The van der Waals surface area contributed by atoms with Crippen molar-refractivity contribution in [3.63, 3.8) is 0 Å². The predicted molar refractivity (Wildman–Crippen MR) is 55.0 cm³/mol. The third kappa shape index (κ3) is 1.65. The zero-order valence-corrected chi connectivity index (χ0v) is 8.70. The summed E-state index contributed by atoms with van der Waals surface area (Å²) in [4.78, 5) is 6.35. The molecule has 1 unspecified atom stereocenters. The van der Waals surface area contributed by atoms with Gasteiger partial charge in [-0.1, -0.05) is 6.07 Å². The summed E-state index contributed by atoms with van der Waals surface area (Å²) in [6.45, 7) is 3.61. The smallest absolute Gasteiger partial charge is 0.105 e. The summed E-state index contributed by atoms with van der Waals surface area (Å²) in [5.74, 6) is 0. The monoisotopic (exact) mass is 192 g/mol. The molecule has 1 aliphatic rings. The van der Waals surface area contributed by atoms with Crippen LogP contribution in [0.25, 0.3) is 0 Å². The van der Waals surface area contributed by atoms with Gasteiger partial charge in [-0.15, -0.1) is 0 Å². The molecule has 3 heteroatoms. The number of rotatable bonds is 1. The van der Waals surface area contributed by atoms with Crippen molar-refractivity contribution in [2.24, 2.45) is 0 Å². The van der Waals surface area contributed by atoms with Crippen LogP contribution in [0.2, 0.25) is 0 Å². The molecule has 1 aromatic rings. The number of hydrogen-bond donors (Lipinski definition) is 1. The van der Waals surface area contributed by atoms with Gasteiger partial charge in [0.05, 0.1) is 0 Å². The lowest BCUT2D eigenvalue weighted by molar-refractivity contribution is 0.0485. The number of likely N-dealkylation sites (tertiary alicyclic amines) is 1. The predicted octanol–water partition coefficient (Wildman–Crippen LogP) is 0.913. The number of aliphatic hydroxyl groups is 1. The summed E-state index contributed by atoms with van der Waals surface area (Å²) >= 11 is 0. The lowest BCUT2D eigenvalue weighted by atomic mass is 9.94. The number of aryl methyl sites for hydroxylation is 1. The van der Waals surface area contributed by atoms with Crippen LogP contribution in [0, 0.1) is 6.92 Å². The van der Waals surface area contributed by atoms with Crippen LogP contribution in [0.5, 0.6) is 0 Å². The summed E-state index contributed by atoms with van der Waals surface area (Å²) in [6.07, 6.45) is 2.59. The molecule has 1 N–H and O–H groups in total. The lowest BCUT2D eigenvalue weighted by Gasteiger charge is -2.22. The Balaban J connectivity index is 2.26. The Labute approximate surface area is 84.4 Å². The zero-order valence-electron chi connectivity index (χ0n) is 8.70. The van der Waals surface area contributed by atoms with E-state index in [0.717, 1.165) is 24.2 Å². The topological polar surface area (TPSA) is 36.4 Å². The molecule has 1 fully saturated rings. The van der Waals surface area contributed by atoms with Gasteiger partial charge in [-0.25, -0.2) is 0 Å². The molecule has 0 amide bonds. The molecule has 0 saturated carbocycles. The second kappa shape index (κ2) is 3.33. The van der Waals surface area contributed by atoms with E-state index in [1.807, 2.05) is 26.1 Å². The number of likely N-dealkylation sites (N-methyl/N-ethyl adjacent to an activating group) is 1. The van der Waals surface area contributed by atoms with Crippen LogP contribution in [0.3, 0.4) is 0 Å². The van der Waals surface area contributed by atoms with E-state index in [1.165, 1.54) is 0 Å². The van der Waals surface area contributed by atoms with E-state index in [9.17, 15) is 5.11 Å². The van der Waals surface area contributed by atoms with Gasteiger partial charge >= 0.3 is 0 Å². The Hall–Kier alpha value is -0.930. The summed E-state index contributed by atoms with van der Waals surface area (Å²) in [7, 11) is 2.03. The summed E-state index contributed by atoms with van der Waals surface area (Å²) in [5, 5.41) is 10.3. The van der Waals surface area contributed by atoms with Gasteiger partial charge in [-0.2, -0.15) is 0 Å². The van der Waals surface area contributed by atoms with Gasteiger partial charge in [0.2, 0.25) is 0 Å². The average Bonchev–Trinajstić information content (AvgIpc) is 2.48. The van der Waals surface area contributed by atoms with Crippen LogP contribution in [-0.2, 0) is 5.60 Å². The molecule has 0 aliphatic carbocycles. The van der Waals surface area contributed by atoms with Crippen LogP contribution in [0.15, 0.2) is 18.3 Å². The zero-order chi connectivity index (χ0) is 10.2. The van der Waals surface area contributed by atoms with E-state index in [-0.39, 0.29) is 0 Å². The fourth-order valence-corrected chi connectivity index (χ4v) is 1.96. The minimum absolute atomic E-state index is 0.685. The van der Waals surface area contributed by atoms with Gasteiger partial charge in [0.1, 0.15) is 5.60 Å². The van der Waals surface area contributed by atoms with Crippen molar-refractivity contribution in [2.45, 2.75) is 18.9 Å². The fraction of sp³-hybridized carbons (Fsp3) is 0.545. The minimum Gasteiger partial charge on any atom is -0.384 e. The van der Waals surface area contributed by atoms with Crippen molar-refractivity contribution in [3.8, 4) is 0 Å². The Morgan fingerprint density at radius 2 is 2.29 bits per heavy atom. The fourth-order valence-electron chi connectivity index (χ4n) is 1.96. The van der Waals surface area contributed by atoms with Crippen LogP contribution in [0.4, 0.5) is 0 Å². The Kier molecular flexibility index (Phi) is 2.29. The van der Waals surface area contributed by atoms with E-state index >= 15 is 0 Å². The lowest BCUT2D eigenvalue weighted by Crippen LogP contribution is -2.29. The first-order valence-corrected chi connectivity index (χ1v) is 4.94. The van der Waals surface area contributed by atoms with Gasteiger partial charge in [0, 0.05) is 30.5 Å². The molecule has 3 nitrogen and oxygen atoms in total. The van der Waals surface area contributed by atoms with Crippen LogP contribution < -0.4 is 0 Å². The molecule has 0 bridgehead atoms. The Morgan fingerprint density at radius 1 is 1.50 bits per heavy atom. The van der Waals surface area contributed by atoms with Crippen LogP contribution in [0.1, 0.15) is 17.7 Å². The number of β-amino-alcohol motifs (C(OH)–C–C–N with tert-alkyl or cyclic N) is 1. The molecular formula is C11H16N2O. The third-order valence-corrected chi connectivity index (χ3v) is 2.89. The maximum absolute atomic E-state index is 10.3. The molecule has 2 rings (SSSR count). The van der Waals surface area contributed by atoms with E-state index in [0.29, 0.717) is 6.54 Å². The second-order valence-electron chi connectivity index (χ2n) is 4.21. The standard InChI is InChI=1S/C11H16N2O/c1-9-3-4-10(7-12-9)11(14)5-6-13(2)8-11/h3-4,7,14H,5-6,8H2,1-2H3. The third-order valence-electron chi connectivity index (χ3n) is 2.89. The molecule has 0 radical (unpaired) electrons. The minimum atomic E-state index is -0.685. The highest BCUT2D eigenvalue weighted by Crippen LogP contribution is 2.30. The number of hydrogen-bond acceptors (Lipinski definition) is 3. The Bertz CT molecular complexity index is 323. The largest absolute Gasteiger partial charge is 0.384 e. The van der Waals surface area contributed by atoms with E-state index < -0.39 is 5.60 Å². The molecule has 76 valence electrons. The first-order chi connectivity index (χ1) is 6.60. The average molecular weight is 192 g/mol. The molecule has 1 aromatic heterocycles. The molecule has 0 spiro atoms. The van der Waals surface area contributed by atoms with Crippen molar-refractivity contribution in [1.82, 2.24) is 9.88 Å². The van der Waals surface area contributed by atoms with Gasteiger partial charge < -0.3 is 10.0 Å². The van der Waals surface area contributed by atoms with Gasteiger partial charge in [0.25, 0.3) is 0 Å². The summed E-state index contributed by atoms with van der Waals surface area (Å²) < 4.78 is 0. The molecule has 1 aliphatic heterocycles. The van der Waals surface area contributed by atoms with Crippen LogP contribution >= 0.6 is 0 Å². The van der Waals surface area contributed by atoms with Gasteiger partial charge in [0.15, 0.2) is 0 Å². The number of nitrogens with zero attached hydrogens (tertiary/aromatic N) is 2. The van der Waals surface area contributed by atoms with Crippen molar-refractivity contribution >= 4 is 0 Å². The molecule has 1 saturated heterocycles. The van der Waals surface area contributed by atoms with Gasteiger partial charge in [-0.05, 0) is 26.5 Å². The quantitative estimate of drug-likeness (QED) is 0.718. The highest BCUT2D eigenvalue weighted by atomic mass is 16.3. The maximum Gasteiger partial charge on any atom is 0.105 e. The highest BCUT2D eigenvalue weighted by Gasteiger charge is 2.36. The molecule has 2 heterocycles. The first kappa shape index (κ1) is 9.62. The van der Waals surface area contributed by atoms with Gasteiger partial charge in [-0.3, -0.25) is 4.98 Å². The SMILES string of the molecule is Cc1ccc(C2(O)CCN(C)C2)cn1. The summed E-state index contributed by atoms with van der Waals surface area (Å²) in [5.41, 5.74) is 1.24. The molecular weight excluding hydrogens is 176 g/mol. The maximum atomic E-state index is 10.3. The molecule has 14 heavy (non-hydrogen) atoms. The van der Waals surface area contributed by atoms with Crippen molar-refractivity contribution in [1.29, 1.82) is 0 Å². The van der Waals surface area contributed by atoms with Crippen LogP contribution in [-0.4, -0.2) is 35.1 Å². The van der Waals surface area contributed by atoms with Crippen molar-refractivity contribution in [3.05, 3.63) is 29.6 Å². The van der Waals surface area contributed by atoms with Crippen molar-refractivity contribution < 1.29 is 5.11 Å². The van der Waals surface area contributed by atoms with Crippen molar-refractivity contribution in [2.75, 3.05) is 20.1 Å². The normalized spacial score (nSPS) is 28.2. The number of pyridine rings is 1. The summed E-state index contributed by atoms with van der Waals surface area (Å²) in [6, 6.07) is 3.92.